The van der Waals surface area contributed by atoms with Crippen LogP contribution in [0, 0.1) is 0 Å². The van der Waals surface area contributed by atoms with E-state index in [9.17, 15) is 9.59 Å². The van der Waals surface area contributed by atoms with Gasteiger partial charge in [0.2, 0.25) is 5.91 Å². The third-order valence-corrected chi connectivity index (χ3v) is 4.97. The maximum atomic E-state index is 12.3. The summed E-state index contributed by atoms with van der Waals surface area (Å²) in [5.74, 6) is 1.43. The van der Waals surface area contributed by atoms with Crippen LogP contribution in [0.25, 0.3) is 0 Å². The number of ether oxygens (including phenoxy) is 3. The van der Waals surface area contributed by atoms with Crippen LogP contribution in [-0.4, -0.2) is 48.4 Å². The Labute approximate surface area is 159 Å². The molecule has 6 nitrogen and oxygen atoms in total. The number of carbonyl (C=O) groups is 2. The first-order valence-corrected chi connectivity index (χ1v) is 9.73. The highest BCUT2D eigenvalue weighted by Gasteiger charge is 2.33. The fourth-order valence-electron chi connectivity index (χ4n) is 2.69. The second-order valence-electron chi connectivity index (χ2n) is 6.93. The number of esters is 1. The molecule has 0 bridgehead atoms. The average Bonchev–Trinajstić information content (AvgIpc) is 2.92. The molecule has 0 aliphatic carbocycles. The highest BCUT2D eigenvalue weighted by molar-refractivity contribution is 8.00. The van der Waals surface area contributed by atoms with Crippen molar-refractivity contribution < 1.29 is 23.8 Å². The summed E-state index contributed by atoms with van der Waals surface area (Å²) in [6.45, 7) is 8.26. The van der Waals surface area contributed by atoms with E-state index in [4.69, 9.17) is 14.2 Å². The molecule has 2 rings (SSSR count). The van der Waals surface area contributed by atoms with Gasteiger partial charge >= 0.3 is 5.97 Å². The zero-order valence-corrected chi connectivity index (χ0v) is 16.9. The number of hydrogen-bond donors (Lipinski definition) is 0. The van der Waals surface area contributed by atoms with Gasteiger partial charge in [-0.25, -0.2) is 0 Å². The van der Waals surface area contributed by atoms with E-state index >= 15 is 0 Å². The SMILES string of the molecule is CCOc1cc(C2SCC(=O)N2CCC(=O)OC(C)(C)C)ccc1OC. The quantitative estimate of drug-likeness (QED) is 0.675. The lowest BCUT2D eigenvalue weighted by molar-refractivity contribution is -0.155. The molecule has 26 heavy (non-hydrogen) atoms. The smallest absolute Gasteiger partial charge is 0.308 e. The number of methoxy groups -OCH3 is 1. The Morgan fingerprint density at radius 2 is 2.04 bits per heavy atom. The van der Waals surface area contributed by atoms with Crippen molar-refractivity contribution in [3.05, 3.63) is 23.8 Å². The lowest BCUT2D eigenvalue weighted by Gasteiger charge is -2.25. The maximum Gasteiger partial charge on any atom is 0.308 e. The summed E-state index contributed by atoms with van der Waals surface area (Å²) in [5, 5.41) is -0.143. The second-order valence-corrected chi connectivity index (χ2v) is 8.00. The van der Waals surface area contributed by atoms with Crippen LogP contribution in [0.3, 0.4) is 0 Å². The third-order valence-electron chi connectivity index (χ3n) is 3.72. The zero-order chi connectivity index (χ0) is 19.3. The molecule has 1 saturated heterocycles. The molecule has 0 spiro atoms. The summed E-state index contributed by atoms with van der Waals surface area (Å²) < 4.78 is 16.3. The third kappa shape index (κ3) is 5.30. The van der Waals surface area contributed by atoms with E-state index in [0.717, 1.165) is 5.56 Å². The van der Waals surface area contributed by atoms with Crippen molar-refractivity contribution in [1.82, 2.24) is 4.90 Å². The van der Waals surface area contributed by atoms with E-state index in [1.54, 1.807) is 23.8 Å². The largest absolute Gasteiger partial charge is 0.493 e. The van der Waals surface area contributed by atoms with Gasteiger partial charge in [-0.3, -0.25) is 9.59 Å². The molecule has 0 N–H and O–H groups in total. The Bertz CT molecular complexity index is 656. The highest BCUT2D eigenvalue weighted by Crippen LogP contribution is 2.41. The Kier molecular flexibility index (Phi) is 6.81. The lowest BCUT2D eigenvalue weighted by atomic mass is 10.1. The molecule has 1 unspecified atom stereocenters. The van der Waals surface area contributed by atoms with Gasteiger partial charge in [-0.15, -0.1) is 11.8 Å². The summed E-state index contributed by atoms with van der Waals surface area (Å²) in [5.41, 5.74) is 0.428. The molecule has 0 radical (unpaired) electrons. The van der Waals surface area contributed by atoms with Crippen molar-refractivity contribution in [3.8, 4) is 11.5 Å². The van der Waals surface area contributed by atoms with Crippen molar-refractivity contribution in [2.24, 2.45) is 0 Å². The molecule has 1 heterocycles. The number of thioether (sulfide) groups is 1. The average molecular weight is 381 g/mol. The van der Waals surface area contributed by atoms with Crippen molar-refractivity contribution in [1.29, 1.82) is 0 Å². The van der Waals surface area contributed by atoms with E-state index in [0.29, 0.717) is 30.4 Å². The molecular formula is C19H27NO5S. The molecule has 0 aromatic heterocycles. The summed E-state index contributed by atoms with van der Waals surface area (Å²) >= 11 is 1.54. The first kappa shape index (κ1) is 20.4. The monoisotopic (exact) mass is 381 g/mol. The summed E-state index contributed by atoms with van der Waals surface area (Å²) in [4.78, 5) is 26.0. The molecule has 7 heteroatoms. The first-order valence-electron chi connectivity index (χ1n) is 8.69. The van der Waals surface area contributed by atoms with Gasteiger partial charge in [-0.2, -0.15) is 0 Å². The number of amides is 1. The van der Waals surface area contributed by atoms with Crippen LogP contribution >= 0.6 is 11.8 Å². The van der Waals surface area contributed by atoms with E-state index in [1.807, 2.05) is 45.9 Å². The Balaban J connectivity index is 2.11. The van der Waals surface area contributed by atoms with Gasteiger partial charge in [0.15, 0.2) is 11.5 Å². The number of benzene rings is 1. The molecular weight excluding hydrogens is 354 g/mol. The molecule has 1 atom stereocenters. The predicted octanol–water partition coefficient (Wildman–Crippen LogP) is 3.40. The fourth-order valence-corrected chi connectivity index (χ4v) is 3.90. The van der Waals surface area contributed by atoms with Gasteiger partial charge in [0.05, 0.1) is 25.9 Å². The number of carbonyl (C=O) groups excluding carboxylic acids is 2. The minimum Gasteiger partial charge on any atom is -0.493 e. The van der Waals surface area contributed by atoms with E-state index < -0.39 is 5.60 Å². The molecule has 144 valence electrons. The molecule has 1 aliphatic heterocycles. The first-order chi connectivity index (χ1) is 12.2. The topological polar surface area (TPSA) is 65.1 Å². The van der Waals surface area contributed by atoms with Gasteiger partial charge in [-0.1, -0.05) is 6.07 Å². The molecule has 1 fully saturated rings. The molecule has 1 aromatic rings. The Morgan fingerprint density at radius 1 is 1.31 bits per heavy atom. The van der Waals surface area contributed by atoms with E-state index in [-0.39, 0.29) is 23.7 Å². The van der Waals surface area contributed by atoms with E-state index in [2.05, 4.69) is 0 Å². The van der Waals surface area contributed by atoms with Crippen molar-refractivity contribution >= 4 is 23.6 Å². The van der Waals surface area contributed by atoms with Crippen LogP contribution < -0.4 is 9.47 Å². The van der Waals surface area contributed by atoms with Crippen LogP contribution in [0.2, 0.25) is 0 Å². The summed E-state index contributed by atoms with van der Waals surface area (Å²) in [6.07, 6.45) is 0.175. The van der Waals surface area contributed by atoms with Gasteiger partial charge in [0.1, 0.15) is 11.0 Å². The number of nitrogens with zero attached hydrogens (tertiary/aromatic N) is 1. The number of rotatable bonds is 7. The predicted molar refractivity (Wildman–Crippen MR) is 102 cm³/mol. The van der Waals surface area contributed by atoms with Crippen LogP contribution in [-0.2, 0) is 14.3 Å². The van der Waals surface area contributed by atoms with Gasteiger partial charge < -0.3 is 19.1 Å². The summed E-state index contributed by atoms with van der Waals surface area (Å²) in [7, 11) is 1.60. The second kappa shape index (κ2) is 8.66. The van der Waals surface area contributed by atoms with Gasteiger partial charge in [-0.05, 0) is 45.4 Å². The van der Waals surface area contributed by atoms with Gasteiger partial charge in [0, 0.05) is 6.54 Å². The molecule has 1 amide bonds. The fraction of sp³-hybridized carbons (Fsp3) is 0.579. The zero-order valence-electron chi connectivity index (χ0n) is 16.0. The van der Waals surface area contributed by atoms with Crippen LogP contribution in [0.4, 0.5) is 0 Å². The minimum atomic E-state index is -0.525. The normalized spacial score (nSPS) is 17.3. The molecule has 0 saturated carbocycles. The van der Waals surface area contributed by atoms with Crippen molar-refractivity contribution in [2.75, 3.05) is 26.0 Å². The number of hydrogen-bond acceptors (Lipinski definition) is 6. The maximum absolute atomic E-state index is 12.3. The standard InChI is InChI=1S/C19H27NO5S/c1-6-24-15-11-13(7-8-14(15)23-5)18-20(16(21)12-26-18)10-9-17(22)25-19(2,3)4/h7-8,11,18H,6,9-10,12H2,1-5H3. The highest BCUT2D eigenvalue weighted by atomic mass is 32.2. The van der Waals surface area contributed by atoms with E-state index in [1.165, 1.54) is 0 Å². The van der Waals surface area contributed by atoms with Crippen LogP contribution in [0.5, 0.6) is 11.5 Å². The van der Waals surface area contributed by atoms with Crippen molar-refractivity contribution in [2.45, 2.75) is 45.1 Å². The molecule has 1 aromatic carbocycles. The summed E-state index contributed by atoms with van der Waals surface area (Å²) in [6, 6.07) is 5.67. The van der Waals surface area contributed by atoms with Crippen LogP contribution in [0.1, 0.15) is 45.1 Å². The Morgan fingerprint density at radius 3 is 2.65 bits per heavy atom. The van der Waals surface area contributed by atoms with Crippen LogP contribution in [0.15, 0.2) is 18.2 Å². The van der Waals surface area contributed by atoms with Gasteiger partial charge in [0.25, 0.3) is 0 Å². The Hall–Kier alpha value is -1.89. The lowest BCUT2D eigenvalue weighted by Crippen LogP contribution is -2.32. The molecule has 1 aliphatic rings. The minimum absolute atomic E-state index is 0.0253. The van der Waals surface area contributed by atoms with Crippen molar-refractivity contribution in [3.63, 3.8) is 0 Å².